The van der Waals surface area contributed by atoms with Crippen molar-refractivity contribution in [1.29, 1.82) is 0 Å². The normalized spacial score (nSPS) is 16.4. The Morgan fingerprint density at radius 1 is 1.26 bits per heavy atom. The summed E-state index contributed by atoms with van der Waals surface area (Å²) in [7, 11) is 0. The first kappa shape index (κ1) is 15.1. The van der Waals surface area contributed by atoms with Crippen molar-refractivity contribution >= 4 is 45.7 Å². The molecule has 2 nitrogen and oxygen atoms in total. The lowest BCUT2D eigenvalue weighted by atomic mass is 9.96. The first-order valence-electron chi connectivity index (χ1n) is 6.61. The molecule has 0 unspecified atom stereocenters. The highest BCUT2D eigenvalue weighted by molar-refractivity contribution is 8.01. The van der Waals surface area contributed by atoms with E-state index in [0.29, 0.717) is 0 Å². The molecule has 0 atom stereocenters. The van der Waals surface area contributed by atoms with E-state index in [1.165, 1.54) is 47.1 Å². The zero-order valence-electron chi connectivity index (χ0n) is 10.8. The van der Waals surface area contributed by atoms with E-state index >= 15 is 0 Å². The minimum atomic E-state index is 0. The Kier molecular flexibility index (Phi) is 5.95. The molecule has 0 bridgehead atoms. The van der Waals surface area contributed by atoms with Gasteiger partial charge in [-0.25, -0.2) is 4.98 Å². The number of nitrogens with one attached hydrogen (secondary N) is 1. The van der Waals surface area contributed by atoms with E-state index in [0.717, 1.165) is 11.4 Å². The van der Waals surface area contributed by atoms with E-state index in [4.69, 9.17) is 0 Å². The van der Waals surface area contributed by atoms with Crippen LogP contribution in [0.4, 0.5) is 0 Å². The van der Waals surface area contributed by atoms with E-state index in [-0.39, 0.29) is 12.4 Å². The van der Waals surface area contributed by atoms with Gasteiger partial charge in [-0.15, -0.1) is 23.7 Å². The number of fused-ring (bicyclic) bond motifs is 1. The van der Waals surface area contributed by atoms with Crippen molar-refractivity contribution in [2.75, 3.05) is 18.8 Å². The molecule has 0 spiro atoms. The fourth-order valence-electron chi connectivity index (χ4n) is 2.40. The van der Waals surface area contributed by atoms with Gasteiger partial charge in [-0.05, 0) is 50.4 Å². The molecule has 2 heterocycles. The molecule has 0 saturated carbocycles. The maximum atomic E-state index is 4.66. The molecular weight excluding hydrogens is 296 g/mol. The van der Waals surface area contributed by atoms with Crippen LogP contribution in [-0.4, -0.2) is 23.8 Å². The summed E-state index contributed by atoms with van der Waals surface area (Å²) < 4.78 is 2.53. The monoisotopic (exact) mass is 314 g/mol. The van der Waals surface area contributed by atoms with Crippen LogP contribution in [0.15, 0.2) is 28.6 Å². The zero-order chi connectivity index (χ0) is 12.2. The minimum Gasteiger partial charge on any atom is -0.317 e. The van der Waals surface area contributed by atoms with Crippen molar-refractivity contribution < 1.29 is 0 Å². The van der Waals surface area contributed by atoms with Gasteiger partial charge in [-0.1, -0.05) is 23.9 Å². The number of rotatable bonds is 4. The molecule has 1 aromatic carbocycles. The number of halogens is 1. The summed E-state index contributed by atoms with van der Waals surface area (Å²) in [6.07, 6.45) is 4.03. The Balaban J connectivity index is 0.00000133. The molecule has 5 heteroatoms. The molecule has 1 aliphatic rings. The number of nitrogens with zero attached hydrogens (tertiary/aromatic N) is 1. The molecule has 0 amide bonds. The molecule has 2 aromatic rings. The second-order valence-corrected chi connectivity index (χ2v) is 7.15. The SMILES string of the molecule is Cl.c1ccc2sc(SCCC3CCNCC3)nc2c1. The van der Waals surface area contributed by atoms with Crippen molar-refractivity contribution in [2.45, 2.75) is 23.6 Å². The van der Waals surface area contributed by atoms with Crippen LogP contribution in [0.5, 0.6) is 0 Å². The van der Waals surface area contributed by atoms with E-state index < -0.39 is 0 Å². The molecule has 19 heavy (non-hydrogen) atoms. The summed E-state index contributed by atoms with van der Waals surface area (Å²) in [6.45, 7) is 2.41. The largest absolute Gasteiger partial charge is 0.317 e. The van der Waals surface area contributed by atoms with Crippen molar-refractivity contribution in [3.05, 3.63) is 24.3 Å². The molecule has 3 rings (SSSR count). The van der Waals surface area contributed by atoms with Gasteiger partial charge in [0.1, 0.15) is 0 Å². The molecule has 0 aliphatic carbocycles. The van der Waals surface area contributed by atoms with Crippen LogP contribution in [-0.2, 0) is 0 Å². The number of benzene rings is 1. The van der Waals surface area contributed by atoms with Crippen molar-refractivity contribution in [2.24, 2.45) is 5.92 Å². The van der Waals surface area contributed by atoms with E-state index in [9.17, 15) is 0 Å². The van der Waals surface area contributed by atoms with Crippen LogP contribution in [0.2, 0.25) is 0 Å². The van der Waals surface area contributed by atoms with E-state index in [1.807, 2.05) is 23.1 Å². The van der Waals surface area contributed by atoms with Crippen LogP contribution in [0.25, 0.3) is 10.2 Å². The summed E-state index contributed by atoms with van der Waals surface area (Å²) >= 11 is 3.75. The third-order valence-electron chi connectivity index (χ3n) is 3.48. The lowest BCUT2D eigenvalue weighted by Gasteiger charge is -2.21. The molecule has 1 fully saturated rings. The number of thiazole rings is 1. The highest BCUT2D eigenvalue weighted by Crippen LogP contribution is 2.30. The standard InChI is InChI=1S/C14H18N2S2.ClH/c1-2-4-13-12(3-1)16-14(18-13)17-10-7-11-5-8-15-9-6-11;/h1-4,11,15H,5-10H2;1H. The zero-order valence-corrected chi connectivity index (χ0v) is 13.3. The number of piperidine rings is 1. The number of aromatic nitrogens is 1. The Morgan fingerprint density at radius 3 is 2.84 bits per heavy atom. The highest BCUT2D eigenvalue weighted by Gasteiger charge is 2.13. The lowest BCUT2D eigenvalue weighted by molar-refractivity contribution is 0.367. The Labute approximate surface area is 128 Å². The number of hydrogen-bond donors (Lipinski definition) is 1. The molecule has 104 valence electrons. The third kappa shape index (κ3) is 4.09. The first-order chi connectivity index (χ1) is 8.92. The lowest BCUT2D eigenvalue weighted by Crippen LogP contribution is -2.27. The van der Waals surface area contributed by atoms with Gasteiger partial charge in [-0.2, -0.15) is 0 Å². The van der Waals surface area contributed by atoms with Gasteiger partial charge < -0.3 is 5.32 Å². The first-order valence-corrected chi connectivity index (χ1v) is 8.41. The quantitative estimate of drug-likeness (QED) is 0.856. The molecule has 1 saturated heterocycles. The van der Waals surface area contributed by atoms with Gasteiger partial charge in [0.15, 0.2) is 4.34 Å². The molecule has 1 aliphatic heterocycles. The van der Waals surface area contributed by atoms with Crippen LogP contribution >= 0.6 is 35.5 Å². The number of hydrogen-bond acceptors (Lipinski definition) is 4. The highest BCUT2D eigenvalue weighted by atomic mass is 35.5. The fourth-order valence-corrected chi connectivity index (χ4v) is 4.64. The van der Waals surface area contributed by atoms with Crippen LogP contribution < -0.4 is 5.32 Å². The Bertz CT molecular complexity index is 476. The second-order valence-electron chi connectivity index (χ2n) is 4.78. The van der Waals surface area contributed by atoms with Crippen LogP contribution in [0, 0.1) is 5.92 Å². The summed E-state index contributed by atoms with van der Waals surface area (Å²) in [4.78, 5) is 4.66. The van der Waals surface area contributed by atoms with Gasteiger partial charge in [0.2, 0.25) is 0 Å². The van der Waals surface area contributed by atoms with Crippen molar-refractivity contribution in [3.8, 4) is 0 Å². The maximum absolute atomic E-state index is 4.66. The third-order valence-corrected chi connectivity index (χ3v) is 5.70. The van der Waals surface area contributed by atoms with Crippen LogP contribution in [0.1, 0.15) is 19.3 Å². The average Bonchev–Trinajstić information content (AvgIpc) is 2.82. The van der Waals surface area contributed by atoms with Crippen LogP contribution in [0.3, 0.4) is 0 Å². The van der Waals surface area contributed by atoms with Gasteiger partial charge >= 0.3 is 0 Å². The maximum Gasteiger partial charge on any atom is 0.151 e. The summed E-state index contributed by atoms with van der Waals surface area (Å²) in [6, 6.07) is 8.40. The summed E-state index contributed by atoms with van der Waals surface area (Å²) in [5.74, 6) is 2.14. The van der Waals surface area contributed by atoms with Gasteiger partial charge in [-0.3, -0.25) is 0 Å². The summed E-state index contributed by atoms with van der Waals surface area (Å²) in [5.41, 5.74) is 1.15. The average molecular weight is 315 g/mol. The van der Waals surface area contributed by atoms with Crippen molar-refractivity contribution in [1.82, 2.24) is 10.3 Å². The number of para-hydroxylation sites is 1. The van der Waals surface area contributed by atoms with Gasteiger partial charge in [0.05, 0.1) is 10.2 Å². The molecule has 0 radical (unpaired) electrons. The topological polar surface area (TPSA) is 24.9 Å². The molecule has 1 aromatic heterocycles. The minimum absolute atomic E-state index is 0. The second kappa shape index (κ2) is 7.48. The predicted octanol–water partition coefficient (Wildman–Crippen LogP) is 4.20. The van der Waals surface area contributed by atoms with Gasteiger partial charge in [0, 0.05) is 5.75 Å². The van der Waals surface area contributed by atoms with E-state index in [2.05, 4.69) is 34.6 Å². The molecular formula is C14H19ClN2S2. The predicted molar refractivity (Wildman–Crippen MR) is 87.8 cm³/mol. The van der Waals surface area contributed by atoms with Crippen molar-refractivity contribution in [3.63, 3.8) is 0 Å². The van der Waals surface area contributed by atoms with E-state index in [1.54, 1.807) is 0 Å². The Morgan fingerprint density at radius 2 is 2.05 bits per heavy atom. The molecule has 1 N–H and O–H groups in total. The summed E-state index contributed by atoms with van der Waals surface area (Å²) in [5, 5.41) is 3.42. The fraction of sp³-hybridized carbons (Fsp3) is 0.500. The smallest absolute Gasteiger partial charge is 0.151 e. The number of thioether (sulfide) groups is 1. The van der Waals surface area contributed by atoms with Gasteiger partial charge in [0.25, 0.3) is 0 Å². The Hall–Kier alpha value is -0.290.